The van der Waals surface area contributed by atoms with Gasteiger partial charge in [-0.2, -0.15) is 4.39 Å². The fourth-order valence-corrected chi connectivity index (χ4v) is 3.88. The third-order valence-corrected chi connectivity index (χ3v) is 5.15. The van der Waals surface area contributed by atoms with Crippen LogP contribution < -0.4 is 0 Å². The molecule has 130 valence electrons. The lowest BCUT2D eigenvalue weighted by Crippen LogP contribution is -2.40. The van der Waals surface area contributed by atoms with E-state index in [4.69, 9.17) is 0 Å². The second-order valence-corrected chi connectivity index (χ2v) is 6.55. The molecule has 7 heteroatoms. The number of nitrogens with zero attached hydrogens (tertiary/aromatic N) is 1. The monoisotopic (exact) mass is 345 g/mol. The van der Waals surface area contributed by atoms with Crippen LogP contribution in [0, 0.1) is 34.6 Å². The maximum Gasteiger partial charge on any atom is 0.200 e. The van der Waals surface area contributed by atoms with Crippen LogP contribution in [0.15, 0.2) is 11.1 Å². The van der Waals surface area contributed by atoms with Crippen molar-refractivity contribution in [3.8, 4) is 0 Å². The minimum atomic E-state index is -2.05. The lowest BCUT2D eigenvalue weighted by molar-refractivity contribution is -0.133. The number of rotatable bonds is 2. The Bertz CT molecular complexity index is 709. The third kappa shape index (κ3) is 2.74. The van der Waals surface area contributed by atoms with E-state index in [-0.39, 0.29) is 18.3 Å². The third-order valence-electron chi connectivity index (χ3n) is 5.15. The summed E-state index contributed by atoms with van der Waals surface area (Å²) in [6.07, 6.45) is 4.76. The molecule has 0 bridgehead atoms. The first-order valence-electron chi connectivity index (χ1n) is 7.97. The number of aliphatic imine (C=N–C) groups is 1. The van der Waals surface area contributed by atoms with Gasteiger partial charge in [-0.15, -0.1) is 0 Å². The molecule has 1 spiro atoms. The Kier molecular flexibility index (Phi) is 4.44. The number of halogens is 5. The molecule has 0 aliphatic heterocycles. The van der Waals surface area contributed by atoms with Crippen molar-refractivity contribution in [3.63, 3.8) is 0 Å². The van der Waals surface area contributed by atoms with E-state index in [0.717, 1.165) is 12.8 Å². The maximum absolute atomic E-state index is 14.4. The molecule has 0 radical (unpaired) electrons. The summed E-state index contributed by atoms with van der Waals surface area (Å²) < 4.78 is 67.4. The molecule has 0 aromatic heterocycles. The van der Waals surface area contributed by atoms with Crippen LogP contribution in [-0.2, 0) is 4.79 Å². The van der Waals surface area contributed by atoms with E-state index >= 15 is 0 Å². The van der Waals surface area contributed by atoms with Gasteiger partial charge in [-0.3, -0.25) is 4.79 Å². The molecule has 2 fully saturated rings. The molecule has 0 N–H and O–H groups in total. The Balaban J connectivity index is 1.92. The molecule has 3 rings (SSSR count). The second kappa shape index (κ2) is 6.26. The number of hydrogen-bond acceptors (Lipinski definition) is 2. The predicted octanol–water partition coefficient (Wildman–Crippen LogP) is 5.17. The lowest BCUT2D eigenvalue weighted by atomic mass is 9.67. The van der Waals surface area contributed by atoms with Crippen LogP contribution >= 0.6 is 0 Å². The van der Waals surface area contributed by atoms with Gasteiger partial charge in [0.2, 0.25) is 0 Å². The van der Waals surface area contributed by atoms with Crippen LogP contribution in [0.2, 0.25) is 0 Å². The van der Waals surface area contributed by atoms with Crippen LogP contribution in [0.3, 0.4) is 0 Å². The van der Waals surface area contributed by atoms with Crippen molar-refractivity contribution in [2.24, 2.45) is 16.3 Å². The number of hydrogen-bond donors (Lipinski definition) is 0. The average molecular weight is 345 g/mol. The summed E-state index contributed by atoms with van der Waals surface area (Å²) in [6, 6.07) is 0.284. The maximum atomic E-state index is 14.4. The van der Waals surface area contributed by atoms with Crippen molar-refractivity contribution < 1.29 is 26.7 Å². The van der Waals surface area contributed by atoms with Gasteiger partial charge in [0, 0.05) is 11.5 Å². The van der Waals surface area contributed by atoms with Crippen molar-refractivity contribution >= 4 is 17.4 Å². The SMILES string of the molecule is O=C1C(C(F)=Nc2cc(F)c(F)c(F)c2F)CCCC12CCCC2. The molecule has 2 saturated carbocycles. The van der Waals surface area contributed by atoms with E-state index in [1.807, 2.05) is 0 Å². The van der Waals surface area contributed by atoms with Gasteiger partial charge in [0.15, 0.2) is 29.2 Å². The van der Waals surface area contributed by atoms with E-state index in [0.29, 0.717) is 25.7 Å². The molecule has 2 nitrogen and oxygen atoms in total. The Morgan fingerprint density at radius 3 is 2.29 bits per heavy atom. The zero-order chi connectivity index (χ0) is 17.5. The molecular weight excluding hydrogens is 329 g/mol. The van der Waals surface area contributed by atoms with E-state index in [9.17, 15) is 26.7 Å². The summed E-state index contributed by atoms with van der Waals surface area (Å²) in [5, 5.41) is 0. The van der Waals surface area contributed by atoms with Gasteiger partial charge in [0.05, 0.1) is 5.92 Å². The minimum absolute atomic E-state index is 0.226. The fourth-order valence-electron chi connectivity index (χ4n) is 3.88. The quantitative estimate of drug-likeness (QED) is 0.315. The van der Waals surface area contributed by atoms with E-state index in [1.54, 1.807) is 0 Å². The summed E-state index contributed by atoms with van der Waals surface area (Å²) in [5.41, 5.74) is -1.53. The molecule has 2 aliphatic rings. The standard InChI is InChI=1S/C17H16F5NO/c18-10-8-11(13(20)14(21)12(10)19)23-16(22)9-4-3-7-17(15(9)24)5-1-2-6-17/h8-9H,1-7H2. The molecule has 1 unspecified atom stereocenters. The van der Waals surface area contributed by atoms with E-state index < -0.39 is 46.3 Å². The summed E-state index contributed by atoms with van der Waals surface area (Å²) in [4.78, 5) is 15.9. The Hall–Kier alpha value is -1.79. The Labute approximate surface area is 135 Å². The number of ketones is 1. The van der Waals surface area contributed by atoms with Crippen LogP contribution in [0.1, 0.15) is 44.9 Å². The highest BCUT2D eigenvalue weighted by atomic mass is 19.2. The van der Waals surface area contributed by atoms with Gasteiger partial charge in [0.25, 0.3) is 0 Å². The molecule has 0 saturated heterocycles. The topological polar surface area (TPSA) is 29.4 Å². The molecule has 1 atom stereocenters. The highest BCUT2D eigenvalue weighted by Gasteiger charge is 2.47. The number of Topliss-reactive ketones (excluding diaryl/α,β-unsaturated/α-hetero) is 1. The summed E-state index contributed by atoms with van der Waals surface area (Å²) in [7, 11) is 0. The van der Waals surface area contributed by atoms with Crippen molar-refractivity contribution in [3.05, 3.63) is 29.3 Å². The van der Waals surface area contributed by atoms with Gasteiger partial charge < -0.3 is 0 Å². The number of carbonyl (C=O) groups is 1. The normalized spacial score (nSPS) is 24.0. The van der Waals surface area contributed by atoms with Crippen LogP contribution in [0.5, 0.6) is 0 Å². The van der Waals surface area contributed by atoms with Gasteiger partial charge in [-0.05, 0) is 25.7 Å². The molecule has 0 amide bonds. The lowest BCUT2D eigenvalue weighted by Gasteiger charge is -2.35. The summed E-state index contributed by atoms with van der Waals surface area (Å²) in [6.45, 7) is 0. The zero-order valence-electron chi connectivity index (χ0n) is 12.8. The van der Waals surface area contributed by atoms with Crippen LogP contribution in [-0.4, -0.2) is 11.7 Å². The van der Waals surface area contributed by atoms with Gasteiger partial charge >= 0.3 is 0 Å². The molecule has 2 aliphatic carbocycles. The molecular formula is C17H16F5NO. The molecule has 24 heavy (non-hydrogen) atoms. The number of carbonyl (C=O) groups excluding carboxylic acids is 1. The Morgan fingerprint density at radius 2 is 1.62 bits per heavy atom. The highest BCUT2D eigenvalue weighted by Crippen LogP contribution is 2.48. The van der Waals surface area contributed by atoms with Crippen molar-refractivity contribution in [2.75, 3.05) is 0 Å². The smallest absolute Gasteiger partial charge is 0.200 e. The summed E-state index contributed by atoms with van der Waals surface area (Å²) in [5.74, 6) is -10.0. The van der Waals surface area contributed by atoms with E-state index in [2.05, 4.69) is 4.99 Å². The van der Waals surface area contributed by atoms with Crippen molar-refractivity contribution in [1.82, 2.24) is 0 Å². The highest BCUT2D eigenvalue weighted by molar-refractivity contribution is 6.05. The summed E-state index contributed by atoms with van der Waals surface area (Å²) >= 11 is 0. The van der Waals surface area contributed by atoms with Gasteiger partial charge in [0.1, 0.15) is 11.5 Å². The fraction of sp³-hybridized carbons (Fsp3) is 0.529. The largest absolute Gasteiger partial charge is 0.298 e. The van der Waals surface area contributed by atoms with Crippen molar-refractivity contribution in [2.45, 2.75) is 44.9 Å². The first kappa shape index (κ1) is 17.0. The Morgan fingerprint density at radius 1 is 1.00 bits per heavy atom. The first-order valence-corrected chi connectivity index (χ1v) is 7.97. The first-order chi connectivity index (χ1) is 11.4. The van der Waals surface area contributed by atoms with Crippen molar-refractivity contribution in [1.29, 1.82) is 0 Å². The van der Waals surface area contributed by atoms with E-state index in [1.165, 1.54) is 0 Å². The predicted molar refractivity (Wildman–Crippen MR) is 77.7 cm³/mol. The second-order valence-electron chi connectivity index (χ2n) is 6.55. The molecule has 0 heterocycles. The number of benzene rings is 1. The average Bonchev–Trinajstić information content (AvgIpc) is 3.02. The van der Waals surface area contributed by atoms with Gasteiger partial charge in [-0.1, -0.05) is 19.3 Å². The zero-order valence-corrected chi connectivity index (χ0v) is 12.8. The van der Waals surface area contributed by atoms with Crippen LogP contribution in [0.25, 0.3) is 0 Å². The minimum Gasteiger partial charge on any atom is -0.298 e. The molecule has 1 aromatic carbocycles. The van der Waals surface area contributed by atoms with Crippen LogP contribution in [0.4, 0.5) is 27.6 Å². The molecule has 1 aromatic rings. The van der Waals surface area contributed by atoms with Gasteiger partial charge in [-0.25, -0.2) is 22.6 Å².